The maximum absolute atomic E-state index is 11.3. The Labute approximate surface area is 121 Å². The van der Waals surface area contributed by atoms with Crippen LogP contribution in [0.25, 0.3) is 0 Å². The fourth-order valence-electron chi connectivity index (χ4n) is 3.23. The first-order valence-electron chi connectivity index (χ1n) is 7.52. The first-order valence-corrected chi connectivity index (χ1v) is 7.52. The van der Waals surface area contributed by atoms with Crippen molar-refractivity contribution in [3.05, 3.63) is 35.9 Å². The van der Waals surface area contributed by atoms with E-state index in [-0.39, 0.29) is 5.78 Å². The molecule has 1 fully saturated rings. The van der Waals surface area contributed by atoms with Crippen molar-refractivity contribution in [3.8, 4) is 0 Å². The van der Waals surface area contributed by atoms with E-state index in [9.17, 15) is 9.90 Å². The van der Waals surface area contributed by atoms with Gasteiger partial charge in [0, 0.05) is 18.5 Å². The number of benzene rings is 1. The van der Waals surface area contributed by atoms with E-state index in [1.165, 1.54) is 0 Å². The van der Waals surface area contributed by atoms with Crippen LogP contribution in [0.15, 0.2) is 30.3 Å². The lowest BCUT2D eigenvalue weighted by atomic mass is 9.89. The van der Waals surface area contributed by atoms with E-state index in [0.717, 1.165) is 31.2 Å². The molecular formula is C17H25NO2. The Morgan fingerprint density at radius 2 is 1.95 bits per heavy atom. The second kappa shape index (κ2) is 7.00. The van der Waals surface area contributed by atoms with Gasteiger partial charge < -0.3 is 5.11 Å². The third kappa shape index (κ3) is 3.90. The Kier molecular flexibility index (Phi) is 5.32. The Balaban J connectivity index is 1.96. The molecule has 20 heavy (non-hydrogen) atoms. The van der Waals surface area contributed by atoms with Gasteiger partial charge in [-0.25, -0.2) is 0 Å². The van der Waals surface area contributed by atoms with Gasteiger partial charge in [-0.1, -0.05) is 36.8 Å². The Morgan fingerprint density at radius 3 is 2.60 bits per heavy atom. The fourth-order valence-corrected chi connectivity index (χ4v) is 3.23. The smallest absolute Gasteiger partial charge is 0.131 e. The molecule has 0 aromatic heterocycles. The highest BCUT2D eigenvalue weighted by Gasteiger charge is 2.29. The summed E-state index contributed by atoms with van der Waals surface area (Å²) in [5, 5.41) is 10.4. The molecular weight excluding hydrogens is 250 g/mol. The lowest BCUT2D eigenvalue weighted by Crippen LogP contribution is -2.45. The zero-order valence-corrected chi connectivity index (χ0v) is 12.5. The van der Waals surface area contributed by atoms with Crippen molar-refractivity contribution < 1.29 is 9.90 Å². The summed E-state index contributed by atoms with van der Waals surface area (Å²) in [5.41, 5.74) is 0.981. The van der Waals surface area contributed by atoms with Gasteiger partial charge in [0.25, 0.3) is 0 Å². The highest BCUT2D eigenvalue weighted by Crippen LogP contribution is 2.29. The second-order valence-corrected chi connectivity index (χ2v) is 5.97. The van der Waals surface area contributed by atoms with Crippen LogP contribution in [0.2, 0.25) is 0 Å². The summed E-state index contributed by atoms with van der Waals surface area (Å²) < 4.78 is 0. The predicted octanol–water partition coefficient (Wildman–Crippen LogP) is 2.94. The van der Waals surface area contributed by atoms with E-state index in [0.29, 0.717) is 18.5 Å². The van der Waals surface area contributed by atoms with Crippen molar-refractivity contribution in [1.82, 2.24) is 4.90 Å². The van der Waals surface area contributed by atoms with Crippen molar-refractivity contribution in [2.75, 3.05) is 7.05 Å². The van der Waals surface area contributed by atoms with Crippen molar-refractivity contribution >= 4 is 5.78 Å². The molecule has 0 saturated carbocycles. The van der Waals surface area contributed by atoms with Crippen LogP contribution in [0.5, 0.6) is 0 Å². The molecule has 0 spiro atoms. The van der Waals surface area contributed by atoms with Gasteiger partial charge in [-0.15, -0.1) is 0 Å². The molecule has 0 aliphatic carbocycles. The van der Waals surface area contributed by atoms with E-state index in [1.807, 2.05) is 30.3 Å². The summed E-state index contributed by atoms with van der Waals surface area (Å²) in [6.45, 7) is 1.66. The summed E-state index contributed by atoms with van der Waals surface area (Å²) in [6, 6.07) is 10.5. The quantitative estimate of drug-likeness (QED) is 0.898. The van der Waals surface area contributed by atoms with Crippen LogP contribution in [-0.2, 0) is 4.79 Å². The maximum Gasteiger partial charge on any atom is 0.131 e. The largest absolute Gasteiger partial charge is 0.388 e. The van der Waals surface area contributed by atoms with Gasteiger partial charge in [0.05, 0.1) is 6.10 Å². The zero-order chi connectivity index (χ0) is 14.5. The highest BCUT2D eigenvalue weighted by molar-refractivity contribution is 5.76. The van der Waals surface area contributed by atoms with Gasteiger partial charge in [0.15, 0.2) is 0 Å². The van der Waals surface area contributed by atoms with Gasteiger partial charge in [-0.3, -0.25) is 9.69 Å². The number of aliphatic hydroxyl groups is 1. The van der Waals surface area contributed by atoms with E-state index in [2.05, 4.69) is 11.9 Å². The molecule has 1 heterocycles. The van der Waals surface area contributed by atoms with E-state index in [4.69, 9.17) is 0 Å². The number of nitrogens with zero attached hydrogens (tertiary/aromatic N) is 1. The summed E-state index contributed by atoms with van der Waals surface area (Å²) in [4.78, 5) is 13.6. The number of likely N-dealkylation sites (tertiary alicyclic amines) is 1. The zero-order valence-electron chi connectivity index (χ0n) is 12.5. The number of carbonyl (C=O) groups is 1. The molecule has 0 amide bonds. The van der Waals surface area contributed by atoms with Gasteiger partial charge in [0.1, 0.15) is 5.78 Å². The molecule has 1 aliphatic heterocycles. The predicted molar refractivity (Wildman–Crippen MR) is 80.5 cm³/mol. The third-order valence-electron chi connectivity index (χ3n) is 4.43. The topological polar surface area (TPSA) is 40.5 Å². The van der Waals surface area contributed by atoms with Gasteiger partial charge >= 0.3 is 0 Å². The highest BCUT2D eigenvalue weighted by atomic mass is 16.3. The number of carbonyl (C=O) groups excluding carboxylic acids is 1. The van der Waals surface area contributed by atoms with Crippen LogP contribution in [0, 0.1) is 0 Å². The number of rotatable bonds is 5. The maximum atomic E-state index is 11.3. The third-order valence-corrected chi connectivity index (χ3v) is 4.43. The molecule has 0 bridgehead atoms. The Bertz CT molecular complexity index is 432. The molecule has 3 nitrogen and oxygen atoms in total. The number of aliphatic hydroxyl groups excluding tert-OH is 1. The molecule has 2 rings (SSSR count). The number of ketones is 1. The minimum atomic E-state index is -0.417. The van der Waals surface area contributed by atoms with Gasteiger partial charge in [0.2, 0.25) is 0 Å². The van der Waals surface area contributed by atoms with E-state index >= 15 is 0 Å². The minimum absolute atomic E-state index is 0.256. The summed E-state index contributed by atoms with van der Waals surface area (Å²) in [5.74, 6) is 0.256. The van der Waals surface area contributed by atoms with E-state index in [1.54, 1.807) is 6.92 Å². The standard InChI is InChI=1S/C17H25NO2/c1-13(19)11-15-9-6-10-16(18(15)2)12-17(20)14-7-4-3-5-8-14/h3-5,7-8,15-17,20H,6,9-12H2,1-2H3/t15-,16+,17-/m0/s1. The molecule has 1 aromatic carbocycles. The lowest BCUT2D eigenvalue weighted by molar-refractivity contribution is -0.118. The second-order valence-electron chi connectivity index (χ2n) is 5.97. The lowest BCUT2D eigenvalue weighted by Gasteiger charge is -2.40. The summed E-state index contributed by atoms with van der Waals surface area (Å²) in [6.07, 6.45) is 4.31. The molecule has 1 saturated heterocycles. The van der Waals surface area contributed by atoms with Gasteiger partial charge in [-0.2, -0.15) is 0 Å². The number of piperidine rings is 1. The molecule has 0 radical (unpaired) electrons. The molecule has 1 aromatic rings. The monoisotopic (exact) mass is 275 g/mol. The van der Waals surface area contributed by atoms with E-state index < -0.39 is 6.10 Å². The van der Waals surface area contributed by atoms with Crippen LogP contribution in [0.3, 0.4) is 0 Å². The molecule has 110 valence electrons. The normalized spacial score (nSPS) is 25.4. The first kappa shape index (κ1) is 15.2. The molecule has 3 atom stereocenters. The first-order chi connectivity index (χ1) is 9.58. The van der Waals surface area contributed by atoms with Crippen LogP contribution >= 0.6 is 0 Å². The number of hydrogen-bond donors (Lipinski definition) is 1. The van der Waals surface area contributed by atoms with Crippen LogP contribution in [-0.4, -0.2) is 34.9 Å². The average Bonchev–Trinajstić information content (AvgIpc) is 2.43. The van der Waals surface area contributed by atoms with Crippen molar-refractivity contribution in [1.29, 1.82) is 0 Å². The van der Waals surface area contributed by atoms with Crippen molar-refractivity contribution in [2.24, 2.45) is 0 Å². The van der Waals surface area contributed by atoms with Gasteiger partial charge in [-0.05, 0) is 38.8 Å². The SMILES string of the molecule is CC(=O)C[C@@H]1CCC[C@H](C[C@H](O)c2ccccc2)N1C. The molecule has 0 unspecified atom stereocenters. The van der Waals surface area contributed by atoms with Crippen LogP contribution in [0.1, 0.15) is 50.7 Å². The molecule has 1 aliphatic rings. The summed E-state index contributed by atoms with van der Waals surface area (Å²) in [7, 11) is 2.09. The molecule has 1 N–H and O–H groups in total. The fraction of sp³-hybridized carbons (Fsp3) is 0.588. The summed E-state index contributed by atoms with van der Waals surface area (Å²) >= 11 is 0. The van der Waals surface area contributed by atoms with Crippen molar-refractivity contribution in [3.63, 3.8) is 0 Å². The Morgan fingerprint density at radius 1 is 1.30 bits per heavy atom. The average molecular weight is 275 g/mol. The Hall–Kier alpha value is -1.19. The van der Waals surface area contributed by atoms with Crippen LogP contribution < -0.4 is 0 Å². The van der Waals surface area contributed by atoms with Crippen LogP contribution in [0.4, 0.5) is 0 Å². The number of Topliss-reactive ketones (excluding diaryl/α,β-unsaturated/α-hetero) is 1. The van der Waals surface area contributed by atoms with Crippen molar-refractivity contribution in [2.45, 2.75) is 57.2 Å². The minimum Gasteiger partial charge on any atom is -0.388 e. The molecule has 3 heteroatoms. The number of hydrogen-bond acceptors (Lipinski definition) is 3.